The molecule has 3 rings (SSSR count). The van der Waals surface area contributed by atoms with Gasteiger partial charge < -0.3 is 4.42 Å². The molecule has 0 saturated heterocycles. The number of hydrogen-bond donors (Lipinski definition) is 0. The first-order valence-corrected chi connectivity index (χ1v) is 7.03. The van der Waals surface area contributed by atoms with E-state index in [4.69, 9.17) is 4.42 Å². The van der Waals surface area contributed by atoms with Crippen LogP contribution in [0.1, 0.15) is 22.4 Å². The van der Waals surface area contributed by atoms with Crippen LogP contribution in [-0.4, -0.2) is 0 Å². The standard InChI is InChI=1S/C18H18NO2/c1-12-8-16-15(11-19-7-5-4-6-14(19)3)10-18(20)21-17(16)9-13(12)2/h4-10H,11H2,1-3H3/q+1. The van der Waals surface area contributed by atoms with Gasteiger partial charge >= 0.3 is 5.63 Å². The van der Waals surface area contributed by atoms with E-state index in [-0.39, 0.29) is 5.63 Å². The van der Waals surface area contributed by atoms with Gasteiger partial charge in [0.25, 0.3) is 0 Å². The van der Waals surface area contributed by atoms with Crippen LogP contribution in [0, 0.1) is 20.8 Å². The Labute approximate surface area is 123 Å². The molecule has 0 radical (unpaired) electrons. The molecule has 3 heteroatoms. The molecule has 21 heavy (non-hydrogen) atoms. The lowest BCUT2D eigenvalue weighted by atomic mass is 10.0. The first-order chi connectivity index (χ1) is 10.0. The van der Waals surface area contributed by atoms with Crippen LogP contribution in [0.15, 0.2) is 51.8 Å². The fourth-order valence-corrected chi connectivity index (χ4v) is 2.54. The van der Waals surface area contributed by atoms with E-state index in [1.807, 2.05) is 31.3 Å². The Bertz CT molecular complexity index is 878. The van der Waals surface area contributed by atoms with E-state index >= 15 is 0 Å². The maximum Gasteiger partial charge on any atom is 0.336 e. The Hall–Kier alpha value is -2.42. The van der Waals surface area contributed by atoms with E-state index in [1.54, 1.807) is 6.07 Å². The molecule has 0 bridgehead atoms. The summed E-state index contributed by atoms with van der Waals surface area (Å²) in [5.41, 5.74) is 4.84. The van der Waals surface area contributed by atoms with Gasteiger partial charge in [-0.1, -0.05) is 6.07 Å². The van der Waals surface area contributed by atoms with Crippen molar-refractivity contribution in [1.82, 2.24) is 0 Å². The summed E-state index contributed by atoms with van der Waals surface area (Å²) >= 11 is 0. The average molecular weight is 280 g/mol. The van der Waals surface area contributed by atoms with Crippen LogP contribution in [0.2, 0.25) is 0 Å². The quantitative estimate of drug-likeness (QED) is 0.534. The Kier molecular flexibility index (Phi) is 3.34. The van der Waals surface area contributed by atoms with Crippen LogP contribution in [0.5, 0.6) is 0 Å². The number of hydrogen-bond acceptors (Lipinski definition) is 2. The molecule has 0 saturated carbocycles. The highest BCUT2D eigenvalue weighted by atomic mass is 16.4. The Morgan fingerprint density at radius 3 is 2.57 bits per heavy atom. The Balaban J connectivity index is 2.20. The summed E-state index contributed by atoms with van der Waals surface area (Å²) in [5.74, 6) is 0. The number of pyridine rings is 1. The fraction of sp³-hybridized carbons (Fsp3) is 0.222. The van der Waals surface area contributed by atoms with Crippen LogP contribution >= 0.6 is 0 Å². The number of benzene rings is 1. The number of aromatic nitrogens is 1. The third-order valence-electron chi connectivity index (χ3n) is 3.95. The van der Waals surface area contributed by atoms with Gasteiger partial charge in [0, 0.05) is 36.1 Å². The molecule has 0 spiro atoms. The lowest BCUT2D eigenvalue weighted by Gasteiger charge is -2.07. The van der Waals surface area contributed by atoms with Gasteiger partial charge in [0.1, 0.15) is 5.58 Å². The first kappa shape index (κ1) is 13.6. The largest absolute Gasteiger partial charge is 0.423 e. The molecule has 0 atom stereocenters. The van der Waals surface area contributed by atoms with Gasteiger partial charge in [-0.05, 0) is 37.1 Å². The van der Waals surface area contributed by atoms with Gasteiger partial charge in [0.05, 0.1) is 0 Å². The van der Waals surface area contributed by atoms with Crippen molar-refractivity contribution >= 4 is 11.0 Å². The molecule has 1 aromatic carbocycles. The second kappa shape index (κ2) is 5.17. The summed E-state index contributed by atoms with van der Waals surface area (Å²) < 4.78 is 7.47. The smallest absolute Gasteiger partial charge is 0.336 e. The van der Waals surface area contributed by atoms with Crippen molar-refractivity contribution in [2.24, 2.45) is 0 Å². The second-order valence-corrected chi connectivity index (χ2v) is 5.49. The molecule has 106 valence electrons. The zero-order valence-electron chi connectivity index (χ0n) is 12.5. The SMILES string of the molecule is Cc1cc2oc(=O)cc(C[n+]3ccccc3C)c2cc1C. The number of rotatable bonds is 2. The summed E-state index contributed by atoms with van der Waals surface area (Å²) in [6.07, 6.45) is 2.02. The summed E-state index contributed by atoms with van der Waals surface area (Å²) in [4.78, 5) is 11.8. The highest BCUT2D eigenvalue weighted by Crippen LogP contribution is 2.21. The Morgan fingerprint density at radius 1 is 1.05 bits per heavy atom. The summed E-state index contributed by atoms with van der Waals surface area (Å²) in [6.45, 7) is 6.82. The minimum Gasteiger partial charge on any atom is -0.423 e. The van der Waals surface area contributed by atoms with Crippen molar-refractivity contribution < 1.29 is 8.98 Å². The molecule has 0 fully saturated rings. The molecule has 3 nitrogen and oxygen atoms in total. The maximum atomic E-state index is 11.8. The second-order valence-electron chi connectivity index (χ2n) is 5.49. The lowest BCUT2D eigenvalue weighted by Crippen LogP contribution is -2.37. The topological polar surface area (TPSA) is 34.1 Å². The van der Waals surface area contributed by atoms with E-state index in [2.05, 4.69) is 30.5 Å². The molecule has 2 aromatic heterocycles. The maximum absolute atomic E-state index is 11.8. The van der Waals surface area contributed by atoms with Gasteiger partial charge in [-0.3, -0.25) is 0 Å². The van der Waals surface area contributed by atoms with Crippen LogP contribution in [0.25, 0.3) is 11.0 Å². The van der Waals surface area contributed by atoms with E-state index in [0.717, 1.165) is 22.2 Å². The fourth-order valence-electron chi connectivity index (χ4n) is 2.54. The van der Waals surface area contributed by atoms with Gasteiger partial charge in [-0.25, -0.2) is 4.79 Å². The minimum absolute atomic E-state index is 0.296. The van der Waals surface area contributed by atoms with E-state index in [1.165, 1.54) is 5.56 Å². The zero-order chi connectivity index (χ0) is 15.0. The van der Waals surface area contributed by atoms with Crippen molar-refractivity contribution in [2.75, 3.05) is 0 Å². The molecule has 0 aliphatic heterocycles. The monoisotopic (exact) mass is 280 g/mol. The highest BCUT2D eigenvalue weighted by molar-refractivity contribution is 5.81. The predicted octanol–water partition coefficient (Wildman–Crippen LogP) is 3.05. The van der Waals surface area contributed by atoms with Crippen LogP contribution in [0.4, 0.5) is 0 Å². The molecule has 0 aliphatic rings. The number of aryl methyl sites for hydroxylation is 3. The highest BCUT2D eigenvalue weighted by Gasteiger charge is 2.13. The molecule has 3 aromatic rings. The Morgan fingerprint density at radius 2 is 1.81 bits per heavy atom. The van der Waals surface area contributed by atoms with Crippen molar-refractivity contribution in [1.29, 1.82) is 0 Å². The van der Waals surface area contributed by atoms with Crippen molar-refractivity contribution in [3.63, 3.8) is 0 Å². The van der Waals surface area contributed by atoms with E-state index in [0.29, 0.717) is 12.1 Å². The minimum atomic E-state index is -0.296. The van der Waals surface area contributed by atoms with E-state index < -0.39 is 0 Å². The molecule has 0 amide bonds. The van der Waals surface area contributed by atoms with E-state index in [9.17, 15) is 4.79 Å². The molecule has 0 aliphatic carbocycles. The molecule has 0 N–H and O–H groups in total. The van der Waals surface area contributed by atoms with Crippen molar-refractivity contribution in [2.45, 2.75) is 27.3 Å². The normalized spacial score (nSPS) is 11.0. The van der Waals surface area contributed by atoms with Gasteiger partial charge in [0.15, 0.2) is 18.4 Å². The summed E-state index contributed by atoms with van der Waals surface area (Å²) in [5, 5.41) is 1.01. The van der Waals surface area contributed by atoms with Gasteiger partial charge in [-0.15, -0.1) is 0 Å². The van der Waals surface area contributed by atoms with Crippen LogP contribution < -0.4 is 10.2 Å². The summed E-state index contributed by atoms with van der Waals surface area (Å²) in [6, 6.07) is 11.7. The van der Waals surface area contributed by atoms with Gasteiger partial charge in [-0.2, -0.15) is 4.57 Å². The molecular formula is C18H18NO2+. The van der Waals surface area contributed by atoms with Crippen LogP contribution in [0.3, 0.4) is 0 Å². The number of nitrogens with zero attached hydrogens (tertiary/aromatic N) is 1. The third kappa shape index (κ3) is 2.59. The first-order valence-electron chi connectivity index (χ1n) is 7.03. The molecule has 0 unspecified atom stereocenters. The van der Waals surface area contributed by atoms with Gasteiger partial charge in [0.2, 0.25) is 0 Å². The molecular weight excluding hydrogens is 262 g/mol. The zero-order valence-corrected chi connectivity index (χ0v) is 12.5. The van der Waals surface area contributed by atoms with Crippen LogP contribution in [-0.2, 0) is 6.54 Å². The third-order valence-corrected chi connectivity index (χ3v) is 3.95. The lowest BCUT2D eigenvalue weighted by molar-refractivity contribution is -0.694. The molecule has 2 heterocycles. The summed E-state index contributed by atoms with van der Waals surface area (Å²) in [7, 11) is 0. The van der Waals surface area contributed by atoms with Crippen molar-refractivity contribution in [3.05, 3.63) is 75.4 Å². The average Bonchev–Trinajstić information content (AvgIpc) is 2.43. The van der Waals surface area contributed by atoms with Crippen molar-refractivity contribution in [3.8, 4) is 0 Å². The number of fused-ring (bicyclic) bond motifs is 1. The predicted molar refractivity (Wildman–Crippen MR) is 82.4 cm³/mol.